The van der Waals surface area contributed by atoms with Gasteiger partial charge < -0.3 is 55.9 Å². The van der Waals surface area contributed by atoms with E-state index in [1.807, 2.05) is 68.4 Å². The molecular formula is C44H50N8Na2O10S. The van der Waals surface area contributed by atoms with Crippen LogP contribution in [0.4, 0.5) is 5.69 Å². The predicted molar refractivity (Wildman–Crippen MR) is 227 cm³/mol. The molecule has 65 heavy (non-hydrogen) atoms. The predicted octanol–water partition coefficient (Wildman–Crippen LogP) is -6.93. The minimum atomic E-state index is -1.87. The molecule has 2 saturated heterocycles. The second-order valence-electron chi connectivity index (χ2n) is 16.1. The van der Waals surface area contributed by atoms with Crippen LogP contribution in [0, 0.1) is 5.92 Å². The Labute approximate surface area is 424 Å². The molecule has 21 heteroatoms. The number of carbonyl (C=O) groups excluding carboxylic acids is 8. The van der Waals surface area contributed by atoms with Crippen molar-refractivity contribution in [1.82, 2.24) is 36.5 Å². The topological polar surface area (TPSA) is 265 Å². The first kappa shape index (κ1) is 53.0. The Morgan fingerprint density at radius 2 is 1.25 bits per heavy atom. The van der Waals surface area contributed by atoms with Crippen molar-refractivity contribution < 1.29 is 108 Å². The SMILES string of the molecule is CC(C)CC1NC(=O)C(Cc2cc3ccccc3[nH]2)N[C@H](CC(=O)[O-])C(=O)N[C@@H](CC(=O)N2CCN(c3ccccc3)CC2)C(=O)N[C@@H](CC(=O)[O-])C(=O)N[C@H](c2cccs2)C1=O.[Na+].[Na+]. The molecule has 4 heterocycles. The molecule has 0 radical (unpaired) electrons. The van der Waals surface area contributed by atoms with Crippen LogP contribution < -0.4 is 101 Å². The number of carboxylic acids is 2. The number of ketones is 1. The maximum Gasteiger partial charge on any atom is 1.00 e. The Morgan fingerprint density at radius 3 is 1.86 bits per heavy atom. The molecule has 6 N–H and O–H groups in total. The fraction of sp³-hybridized carbons (Fsp3) is 0.409. The summed E-state index contributed by atoms with van der Waals surface area (Å²) in [4.78, 5) is 117. The van der Waals surface area contributed by atoms with Crippen molar-refractivity contribution in [3.8, 4) is 0 Å². The van der Waals surface area contributed by atoms with Gasteiger partial charge in [0.15, 0.2) is 5.78 Å². The van der Waals surface area contributed by atoms with Gasteiger partial charge in [-0.1, -0.05) is 56.3 Å². The van der Waals surface area contributed by atoms with Gasteiger partial charge in [0, 0.05) is 79.2 Å². The van der Waals surface area contributed by atoms with Crippen molar-refractivity contribution in [3.05, 3.63) is 88.7 Å². The van der Waals surface area contributed by atoms with Gasteiger partial charge in [-0.3, -0.25) is 34.1 Å². The molecule has 18 nitrogen and oxygen atoms in total. The number of hydrogen-bond donors (Lipinski definition) is 6. The number of carboxylic acid groups (broad SMARTS) is 2. The molecule has 0 saturated carbocycles. The van der Waals surface area contributed by atoms with Gasteiger partial charge in [-0.15, -0.1) is 11.3 Å². The van der Waals surface area contributed by atoms with Crippen LogP contribution in [0.25, 0.3) is 10.9 Å². The zero-order chi connectivity index (χ0) is 45.2. The number of carbonyl (C=O) groups is 8. The number of anilines is 1. The average Bonchev–Trinajstić information content (AvgIpc) is 3.94. The number of fused-ring (bicyclic) bond motifs is 1. The zero-order valence-electron chi connectivity index (χ0n) is 36.8. The van der Waals surface area contributed by atoms with Crippen LogP contribution in [0.15, 0.2) is 78.2 Å². The third-order valence-corrected chi connectivity index (χ3v) is 11.9. The normalized spacial score (nSPS) is 22.5. The number of Topliss-reactive ketones (excluding diaryl/α,β-unsaturated/α-hetero) is 1. The Balaban J connectivity index is 0.00000462. The maximum atomic E-state index is 14.6. The molecule has 6 rings (SSSR count). The van der Waals surface area contributed by atoms with Gasteiger partial charge in [0.1, 0.15) is 18.1 Å². The molecule has 0 bridgehead atoms. The molecule has 2 aromatic heterocycles. The Kier molecular flexibility index (Phi) is 20.2. The maximum absolute atomic E-state index is 14.6. The van der Waals surface area contributed by atoms with E-state index in [1.54, 1.807) is 23.6 Å². The molecular weight excluding hydrogens is 879 g/mol. The van der Waals surface area contributed by atoms with E-state index in [1.165, 1.54) is 4.90 Å². The Bertz CT molecular complexity index is 2270. The summed E-state index contributed by atoms with van der Waals surface area (Å²) in [6.07, 6.45) is -2.77. The van der Waals surface area contributed by atoms with E-state index in [0.717, 1.165) is 27.9 Å². The summed E-state index contributed by atoms with van der Waals surface area (Å²) in [5.41, 5.74) is 2.22. The molecule has 0 aliphatic carbocycles. The van der Waals surface area contributed by atoms with Gasteiger partial charge in [0.25, 0.3) is 0 Å². The summed E-state index contributed by atoms with van der Waals surface area (Å²) >= 11 is 1.12. The molecule has 5 amide bonds. The average molecular weight is 929 g/mol. The first-order valence-corrected chi connectivity index (χ1v) is 21.6. The summed E-state index contributed by atoms with van der Waals surface area (Å²) in [5, 5.41) is 39.7. The van der Waals surface area contributed by atoms with Crippen LogP contribution in [0.1, 0.15) is 56.1 Å². The summed E-state index contributed by atoms with van der Waals surface area (Å²) in [5.74, 6) is -8.99. The van der Waals surface area contributed by atoms with E-state index in [9.17, 15) is 48.6 Å². The summed E-state index contributed by atoms with van der Waals surface area (Å²) in [6.45, 7) is 5.03. The molecule has 2 aliphatic rings. The van der Waals surface area contributed by atoms with Gasteiger partial charge in [-0.05, 0) is 53.4 Å². The number of amides is 5. The summed E-state index contributed by atoms with van der Waals surface area (Å²) in [7, 11) is 0. The van der Waals surface area contributed by atoms with Crippen LogP contribution in [-0.2, 0) is 44.8 Å². The molecule has 4 aromatic rings. The first-order chi connectivity index (χ1) is 30.1. The largest absolute Gasteiger partial charge is 1.00 e. The molecule has 334 valence electrons. The number of nitrogens with zero attached hydrogens (tertiary/aromatic N) is 2. The third kappa shape index (κ3) is 14.7. The number of rotatable bonds is 12. The second kappa shape index (κ2) is 24.8. The second-order valence-corrected chi connectivity index (χ2v) is 17.1. The Morgan fingerprint density at radius 1 is 0.677 bits per heavy atom. The molecule has 2 fully saturated rings. The molecule has 2 aromatic carbocycles. The third-order valence-electron chi connectivity index (χ3n) is 11.0. The van der Waals surface area contributed by atoms with Crippen LogP contribution in [0.2, 0.25) is 0 Å². The molecule has 2 aliphatic heterocycles. The van der Waals surface area contributed by atoms with E-state index >= 15 is 0 Å². The minimum absolute atomic E-state index is 0. The number of piperazine rings is 1. The summed E-state index contributed by atoms with van der Waals surface area (Å²) in [6, 6.07) is 12.4. The van der Waals surface area contributed by atoms with E-state index in [2.05, 4.69) is 36.5 Å². The monoisotopic (exact) mass is 928 g/mol. The number of aromatic amines is 1. The molecule has 2 unspecified atom stereocenters. The number of hydrogen-bond acceptors (Lipinski definition) is 13. The van der Waals surface area contributed by atoms with Crippen molar-refractivity contribution in [1.29, 1.82) is 0 Å². The minimum Gasteiger partial charge on any atom is -0.550 e. The number of H-pyrrole nitrogens is 1. The van der Waals surface area contributed by atoms with Gasteiger partial charge >= 0.3 is 59.1 Å². The van der Waals surface area contributed by atoms with Crippen LogP contribution in [-0.4, -0.2) is 114 Å². The molecule has 0 spiro atoms. The number of benzene rings is 2. The van der Waals surface area contributed by atoms with Gasteiger partial charge in [0.05, 0.1) is 24.5 Å². The van der Waals surface area contributed by atoms with E-state index in [-0.39, 0.29) is 91.0 Å². The van der Waals surface area contributed by atoms with E-state index in [0.29, 0.717) is 23.7 Å². The number of thiophene rings is 1. The fourth-order valence-corrected chi connectivity index (χ4v) is 8.57. The zero-order valence-corrected chi connectivity index (χ0v) is 41.6. The van der Waals surface area contributed by atoms with E-state index < -0.39 is 103 Å². The van der Waals surface area contributed by atoms with Gasteiger partial charge in [0.2, 0.25) is 29.5 Å². The van der Waals surface area contributed by atoms with Crippen LogP contribution in [0.3, 0.4) is 0 Å². The number of aliphatic carboxylic acids is 2. The molecule has 6 atom stereocenters. The van der Waals surface area contributed by atoms with Crippen LogP contribution >= 0.6 is 11.3 Å². The summed E-state index contributed by atoms with van der Waals surface area (Å²) < 4.78 is 0. The number of para-hydroxylation sites is 2. The van der Waals surface area contributed by atoms with Crippen molar-refractivity contribution in [3.63, 3.8) is 0 Å². The quantitative estimate of drug-likeness (QED) is 0.0725. The van der Waals surface area contributed by atoms with Crippen molar-refractivity contribution in [2.24, 2.45) is 5.92 Å². The number of nitrogens with one attached hydrogen (secondary N) is 6. The van der Waals surface area contributed by atoms with Crippen LogP contribution in [0.5, 0.6) is 0 Å². The standard InChI is InChI=1S/C44H52N8O10S.2Na/c1-25(2)19-30-40(58)39(35-13-8-18-63-35)50-44(62)34(24-38(56)57)49-42(60)32(22-36(53)52-16-14-51(15-17-52)28-10-4-3-5-11-28)48-43(61)33(23-37(54)55)46-31(41(59)47-30)21-27-20-26-9-6-7-12-29(26)45-27;;/h3-13,18,20,25,30-34,39,45-46H,14-17,19,21-24H2,1-2H3,(H,47,59)(H,48,61)(H,49,60)(H,50,62)(H,54,55)(H,56,57);;/q;2*+1/p-2/t30?,31?,32-,33+,34-,39+;;/m0../s1. The van der Waals surface area contributed by atoms with E-state index in [4.69, 9.17) is 0 Å². The fourth-order valence-electron chi connectivity index (χ4n) is 7.79. The van der Waals surface area contributed by atoms with Crippen molar-refractivity contribution in [2.45, 2.75) is 82.2 Å². The number of aromatic nitrogens is 1. The van der Waals surface area contributed by atoms with Crippen molar-refractivity contribution >= 4 is 75.2 Å². The van der Waals surface area contributed by atoms with Crippen molar-refractivity contribution in [2.75, 3.05) is 31.1 Å². The smallest absolute Gasteiger partial charge is 0.550 e. The van der Waals surface area contributed by atoms with Gasteiger partial charge in [-0.2, -0.15) is 0 Å². The first-order valence-electron chi connectivity index (χ1n) is 20.7. The van der Waals surface area contributed by atoms with Gasteiger partial charge in [-0.25, -0.2) is 0 Å². The Hall–Kier alpha value is -4.60.